The van der Waals surface area contributed by atoms with E-state index in [1.165, 1.54) is 0 Å². The number of anilines is 1. The van der Waals surface area contributed by atoms with Gasteiger partial charge >= 0.3 is 0 Å². The van der Waals surface area contributed by atoms with E-state index in [4.69, 9.17) is 9.47 Å². The Balaban J connectivity index is 2.13. The Morgan fingerprint density at radius 3 is 2.88 bits per heavy atom. The van der Waals surface area contributed by atoms with Crippen molar-refractivity contribution in [2.45, 2.75) is 65.4 Å². The molecule has 134 valence electrons. The summed E-state index contributed by atoms with van der Waals surface area (Å²) < 4.78 is 11.5. The summed E-state index contributed by atoms with van der Waals surface area (Å²) in [6, 6.07) is 1.90. The number of carbonyl (C=O) groups is 1. The highest BCUT2D eigenvalue weighted by Gasteiger charge is 2.42. The van der Waals surface area contributed by atoms with Gasteiger partial charge in [0.2, 0.25) is 5.88 Å². The summed E-state index contributed by atoms with van der Waals surface area (Å²) in [6.07, 6.45) is 6.31. The molecule has 1 aliphatic carbocycles. The highest BCUT2D eigenvalue weighted by atomic mass is 16.5. The average molecular weight is 334 g/mol. The zero-order valence-corrected chi connectivity index (χ0v) is 15.4. The lowest BCUT2D eigenvalue weighted by atomic mass is 9.78. The summed E-state index contributed by atoms with van der Waals surface area (Å²) in [5.41, 5.74) is 0.897. The molecule has 0 spiro atoms. The predicted octanol–water partition coefficient (Wildman–Crippen LogP) is 4.10. The van der Waals surface area contributed by atoms with Crippen molar-refractivity contribution in [1.82, 2.24) is 4.98 Å². The van der Waals surface area contributed by atoms with Crippen LogP contribution in [0, 0.1) is 12.8 Å². The number of nitrogens with zero attached hydrogens (tertiary/aromatic N) is 1. The molecule has 0 aromatic carbocycles. The molecule has 5 heteroatoms. The zero-order valence-electron chi connectivity index (χ0n) is 15.4. The summed E-state index contributed by atoms with van der Waals surface area (Å²) in [5.74, 6) is 1.06. The van der Waals surface area contributed by atoms with Crippen molar-refractivity contribution in [2.24, 2.45) is 5.92 Å². The maximum absolute atomic E-state index is 13.0. The molecule has 0 bridgehead atoms. The van der Waals surface area contributed by atoms with Crippen LogP contribution in [0.1, 0.15) is 58.4 Å². The number of carbonyl (C=O) groups excluding carboxylic acids is 1. The number of amides is 1. The van der Waals surface area contributed by atoms with E-state index >= 15 is 0 Å². The number of hydrogen-bond donors (Lipinski definition) is 1. The molecule has 1 aliphatic rings. The summed E-state index contributed by atoms with van der Waals surface area (Å²) >= 11 is 0. The Morgan fingerprint density at radius 2 is 2.25 bits per heavy atom. The van der Waals surface area contributed by atoms with E-state index < -0.39 is 5.60 Å². The number of pyridine rings is 1. The minimum Gasteiger partial charge on any atom is -0.478 e. The highest BCUT2D eigenvalue weighted by Crippen LogP contribution is 2.36. The molecular weight excluding hydrogens is 304 g/mol. The van der Waals surface area contributed by atoms with Gasteiger partial charge in [0.15, 0.2) is 0 Å². The third-order valence-corrected chi connectivity index (χ3v) is 4.52. The van der Waals surface area contributed by atoms with E-state index in [1.807, 2.05) is 19.9 Å². The van der Waals surface area contributed by atoms with Gasteiger partial charge in [-0.1, -0.05) is 20.3 Å². The Kier molecular flexibility index (Phi) is 6.60. The van der Waals surface area contributed by atoms with Gasteiger partial charge in [0, 0.05) is 12.2 Å². The molecule has 1 fully saturated rings. The number of aromatic nitrogens is 1. The largest absolute Gasteiger partial charge is 0.478 e. The van der Waals surface area contributed by atoms with Gasteiger partial charge in [-0.15, -0.1) is 0 Å². The lowest BCUT2D eigenvalue weighted by Gasteiger charge is -2.38. The van der Waals surface area contributed by atoms with Gasteiger partial charge in [0.1, 0.15) is 5.60 Å². The van der Waals surface area contributed by atoms with Crippen molar-refractivity contribution < 1.29 is 14.3 Å². The minimum atomic E-state index is -0.708. The van der Waals surface area contributed by atoms with Crippen molar-refractivity contribution in [1.29, 1.82) is 0 Å². The third-order valence-electron chi connectivity index (χ3n) is 4.52. The standard InChI is InChI=1S/C19H30N2O3/c1-5-10-24-19(9-7-8-14(3)12-19)18(22)21-16-11-15(4)17(20-13-16)23-6-2/h11,13-14H,5-10,12H2,1-4H3,(H,21,22)/t14-,19+/m0/s1. The highest BCUT2D eigenvalue weighted by molar-refractivity contribution is 5.97. The third kappa shape index (κ3) is 4.47. The fourth-order valence-electron chi connectivity index (χ4n) is 3.37. The van der Waals surface area contributed by atoms with Gasteiger partial charge in [-0.2, -0.15) is 0 Å². The van der Waals surface area contributed by atoms with Crippen molar-refractivity contribution in [2.75, 3.05) is 18.5 Å². The number of ether oxygens (including phenoxy) is 2. The summed E-state index contributed by atoms with van der Waals surface area (Å²) in [4.78, 5) is 17.3. The van der Waals surface area contributed by atoms with Gasteiger partial charge in [-0.3, -0.25) is 4.79 Å². The fourth-order valence-corrected chi connectivity index (χ4v) is 3.37. The Morgan fingerprint density at radius 1 is 1.46 bits per heavy atom. The molecule has 1 heterocycles. The van der Waals surface area contributed by atoms with Crippen LogP contribution in [-0.2, 0) is 9.53 Å². The first kappa shape index (κ1) is 18.7. The normalized spacial score (nSPS) is 23.8. The first-order chi connectivity index (χ1) is 11.5. The van der Waals surface area contributed by atoms with E-state index in [9.17, 15) is 4.79 Å². The molecule has 2 atom stereocenters. The van der Waals surface area contributed by atoms with Crippen molar-refractivity contribution in [3.8, 4) is 5.88 Å². The molecular formula is C19H30N2O3. The minimum absolute atomic E-state index is 0.0483. The Labute approximate surface area is 145 Å². The van der Waals surface area contributed by atoms with Gasteiger partial charge in [0.05, 0.1) is 18.5 Å². The molecule has 1 aromatic heterocycles. The molecule has 1 amide bonds. The lowest BCUT2D eigenvalue weighted by Crippen LogP contribution is -2.48. The van der Waals surface area contributed by atoms with Crippen LogP contribution >= 0.6 is 0 Å². The van der Waals surface area contributed by atoms with Gasteiger partial charge in [-0.25, -0.2) is 4.98 Å². The number of nitrogens with one attached hydrogen (secondary N) is 1. The van der Waals surface area contributed by atoms with Gasteiger partial charge in [-0.05, 0) is 51.5 Å². The van der Waals surface area contributed by atoms with Crippen LogP contribution in [0.25, 0.3) is 0 Å². The van der Waals surface area contributed by atoms with Crippen LogP contribution in [-0.4, -0.2) is 29.7 Å². The number of rotatable bonds is 7. The quantitative estimate of drug-likeness (QED) is 0.815. The summed E-state index contributed by atoms with van der Waals surface area (Å²) in [6.45, 7) is 9.30. The molecule has 5 nitrogen and oxygen atoms in total. The molecule has 1 saturated carbocycles. The van der Waals surface area contributed by atoms with Crippen molar-refractivity contribution in [3.63, 3.8) is 0 Å². The molecule has 1 aromatic rings. The van der Waals surface area contributed by atoms with Crippen LogP contribution in [0.5, 0.6) is 5.88 Å². The van der Waals surface area contributed by atoms with Crippen LogP contribution in [0.4, 0.5) is 5.69 Å². The van der Waals surface area contributed by atoms with E-state index in [0.29, 0.717) is 30.7 Å². The van der Waals surface area contributed by atoms with Crippen molar-refractivity contribution >= 4 is 11.6 Å². The Bertz CT molecular complexity index is 562. The SMILES string of the molecule is CCCO[C@]1(C(=O)Nc2cnc(OCC)c(C)c2)CCC[C@H](C)C1. The number of aryl methyl sites for hydroxylation is 1. The van der Waals surface area contributed by atoms with Crippen LogP contribution in [0.15, 0.2) is 12.3 Å². The van der Waals surface area contributed by atoms with Crippen molar-refractivity contribution in [3.05, 3.63) is 17.8 Å². The second kappa shape index (κ2) is 8.47. The van der Waals surface area contributed by atoms with E-state index in [1.54, 1.807) is 6.20 Å². The monoisotopic (exact) mass is 334 g/mol. The first-order valence-corrected chi connectivity index (χ1v) is 9.05. The molecule has 24 heavy (non-hydrogen) atoms. The molecule has 0 radical (unpaired) electrons. The second-order valence-electron chi connectivity index (χ2n) is 6.78. The van der Waals surface area contributed by atoms with E-state index in [0.717, 1.165) is 37.7 Å². The zero-order chi connectivity index (χ0) is 17.6. The number of hydrogen-bond acceptors (Lipinski definition) is 4. The van der Waals surface area contributed by atoms with Crippen LogP contribution in [0.2, 0.25) is 0 Å². The maximum atomic E-state index is 13.0. The first-order valence-electron chi connectivity index (χ1n) is 9.05. The fraction of sp³-hybridized carbons (Fsp3) is 0.684. The van der Waals surface area contributed by atoms with E-state index in [2.05, 4.69) is 24.1 Å². The smallest absolute Gasteiger partial charge is 0.256 e. The predicted molar refractivity (Wildman–Crippen MR) is 95.4 cm³/mol. The van der Waals surface area contributed by atoms with Crippen LogP contribution in [0.3, 0.4) is 0 Å². The van der Waals surface area contributed by atoms with Crippen LogP contribution < -0.4 is 10.1 Å². The topological polar surface area (TPSA) is 60.5 Å². The molecule has 1 N–H and O–H groups in total. The maximum Gasteiger partial charge on any atom is 0.256 e. The molecule has 0 aliphatic heterocycles. The summed E-state index contributed by atoms with van der Waals surface area (Å²) in [5, 5.41) is 3.01. The molecule has 2 rings (SSSR count). The average Bonchev–Trinajstić information content (AvgIpc) is 2.55. The Hall–Kier alpha value is -1.62. The molecule has 0 saturated heterocycles. The summed E-state index contributed by atoms with van der Waals surface area (Å²) in [7, 11) is 0. The van der Waals surface area contributed by atoms with E-state index in [-0.39, 0.29) is 5.91 Å². The molecule has 0 unspecified atom stereocenters. The lowest BCUT2D eigenvalue weighted by molar-refractivity contribution is -0.148. The second-order valence-corrected chi connectivity index (χ2v) is 6.78. The van der Waals surface area contributed by atoms with Gasteiger partial charge in [0.25, 0.3) is 5.91 Å². The van der Waals surface area contributed by atoms with Gasteiger partial charge < -0.3 is 14.8 Å².